The number of aromatic nitrogens is 4. The summed E-state index contributed by atoms with van der Waals surface area (Å²) in [6.45, 7) is 11.4. The number of likely N-dealkylation sites (tertiary alicyclic amines) is 1. The molecule has 4 heterocycles. The number of H-pyrrole nitrogens is 1. The standard InChI is InChI=1S/C26H38N8O3/c1-15(2)19-12-21(31-30-19)28-22-17-8-6-9-18(17)27-24(29-22)33-11-7-10-20(33)23(35)32-13-16(14-32)34(25(36)37)26(3,4)5/h12,15-16,20H,6-11,13-14H2,1-5H3,(H,36,37)(H2,27,28,29,30,31)/t20-/m0/s1. The lowest BCUT2D eigenvalue weighted by Crippen LogP contribution is -2.67. The molecule has 0 bridgehead atoms. The van der Waals surface area contributed by atoms with Crippen LogP contribution in [0.5, 0.6) is 0 Å². The maximum atomic E-state index is 13.5. The number of nitrogens with one attached hydrogen (secondary N) is 2. The van der Waals surface area contributed by atoms with Crippen LogP contribution in [0, 0.1) is 0 Å². The lowest BCUT2D eigenvalue weighted by Gasteiger charge is -2.49. The third kappa shape index (κ3) is 4.83. The molecule has 2 saturated heterocycles. The fourth-order valence-corrected chi connectivity index (χ4v) is 5.73. The molecular formula is C26H38N8O3. The van der Waals surface area contributed by atoms with Crippen LogP contribution < -0.4 is 10.2 Å². The van der Waals surface area contributed by atoms with Gasteiger partial charge >= 0.3 is 6.09 Å². The van der Waals surface area contributed by atoms with Crippen molar-refractivity contribution in [3.8, 4) is 0 Å². The number of fused-ring (bicyclic) bond motifs is 1. The van der Waals surface area contributed by atoms with E-state index in [0.29, 0.717) is 25.0 Å². The van der Waals surface area contributed by atoms with E-state index in [-0.39, 0.29) is 18.0 Å². The Bertz CT molecular complexity index is 1180. The molecule has 2 amide bonds. The number of carbonyl (C=O) groups excluding carboxylic acids is 1. The number of anilines is 3. The molecule has 37 heavy (non-hydrogen) atoms. The summed E-state index contributed by atoms with van der Waals surface area (Å²) in [7, 11) is 0. The summed E-state index contributed by atoms with van der Waals surface area (Å²) < 4.78 is 0. The van der Waals surface area contributed by atoms with Crippen molar-refractivity contribution in [2.24, 2.45) is 0 Å². The van der Waals surface area contributed by atoms with Gasteiger partial charge in [-0.25, -0.2) is 9.78 Å². The van der Waals surface area contributed by atoms with Crippen LogP contribution in [0.2, 0.25) is 0 Å². The topological polar surface area (TPSA) is 131 Å². The van der Waals surface area contributed by atoms with Crippen LogP contribution in [0.4, 0.5) is 22.4 Å². The van der Waals surface area contributed by atoms with Gasteiger partial charge in [-0.3, -0.25) is 14.8 Å². The lowest BCUT2D eigenvalue weighted by atomic mass is 9.98. The SMILES string of the molecule is CC(C)c1cc(Nc2nc(N3CCC[C@H]3C(=O)N3CC(N(C(=O)O)C(C)(C)C)C3)nc3c2CCC3)n[nH]1. The van der Waals surface area contributed by atoms with Gasteiger partial charge in [0.05, 0.1) is 11.7 Å². The van der Waals surface area contributed by atoms with Crippen molar-refractivity contribution in [1.29, 1.82) is 0 Å². The number of aryl methyl sites for hydroxylation is 1. The van der Waals surface area contributed by atoms with E-state index in [0.717, 1.165) is 67.2 Å². The Labute approximate surface area is 217 Å². The number of nitrogens with zero attached hydrogens (tertiary/aromatic N) is 6. The summed E-state index contributed by atoms with van der Waals surface area (Å²) in [6, 6.07) is 1.49. The Morgan fingerprint density at radius 2 is 1.95 bits per heavy atom. The minimum absolute atomic E-state index is 0.0282. The summed E-state index contributed by atoms with van der Waals surface area (Å²) in [5.74, 6) is 2.45. The maximum absolute atomic E-state index is 13.5. The van der Waals surface area contributed by atoms with Crippen molar-refractivity contribution in [3.05, 3.63) is 23.0 Å². The van der Waals surface area contributed by atoms with Crippen LogP contribution in [0.3, 0.4) is 0 Å². The number of carboxylic acid groups (broad SMARTS) is 1. The van der Waals surface area contributed by atoms with Crippen molar-refractivity contribution in [3.63, 3.8) is 0 Å². The maximum Gasteiger partial charge on any atom is 0.408 e. The molecule has 0 unspecified atom stereocenters. The monoisotopic (exact) mass is 510 g/mol. The number of hydrogen-bond acceptors (Lipinski definition) is 7. The van der Waals surface area contributed by atoms with Crippen LogP contribution in [0.15, 0.2) is 6.07 Å². The van der Waals surface area contributed by atoms with Crippen molar-refractivity contribution >= 4 is 29.6 Å². The number of aromatic amines is 1. The molecule has 0 saturated carbocycles. The summed E-state index contributed by atoms with van der Waals surface area (Å²) in [4.78, 5) is 40.4. The Kier molecular flexibility index (Phi) is 6.49. The first kappa shape index (κ1) is 25.3. The molecule has 200 valence electrons. The summed E-state index contributed by atoms with van der Waals surface area (Å²) in [5, 5.41) is 20.6. The second-order valence-electron chi connectivity index (χ2n) is 11.7. The summed E-state index contributed by atoms with van der Waals surface area (Å²) >= 11 is 0. The molecule has 3 aliphatic rings. The number of hydrogen-bond donors (Lipinski definition) is 3. The average Bonchev–Trinajstić information content (AvgIpc) is 3.54. The Balaban J connectivity index is 1.33. The zero-order valence-corrected chi connectivity index (χ0v) is 22.4. The largest absolute Gasteiger partial charge is 0.465 e. The molecule has 3 N–H and O–H groups in total. The molecule has 2 aromatic rings. The zero-order chi connectivity index (χ0) is 26.5. The summed E-state index contributed by atoms with van der Waals surface area (Å²) in [6.07, 6.45) is 3.53. The van der Waals surface area contributed by atoms with Gasteiger partial charge in [0, 0.05) is 42.5 Å². The molecule has 1 aliphatic carbocycles. The van der Waals surface area contributed by atoms with Crippen LogP contribution in [-0.2, 0) is 17.6 Å². The molecule has 0 aromatic carbocycles. The normalized spacial score (nSPS) is 19.8. The molecule has 0 spiro atoms. The van der Waals surface area contributed by atoms with E-state index in [1.807, 2.05) is 31.7 Å². The minimum atomic E-state index is -0.948. The van der Waals surface area contributed by atoms with Gasteiger partial charge in [-0.05, 0) is 58.8 Å². The van der Waals surface area contributed by atoms with E-state index in [2.05, 4.69) is 29.4 Å². The first-order valence-corrected chi connectivity index (χ1v) is 13.3. The van der Waals surface area contributed by atoms with Gasteiger partial charge in [0.2, 0.25) is 11.9 Å². The third-order valence-corrected chi connectivity index (χ3v) is 7.65. The molecule has 11 nitrogen and oxygen atoms in total. The van der Waals surface area contributed by atoms with E-state index in [1.165, 1.54) is 4.90 Å². The van der Waals surface area contributed by atoms with Gasteiger partial charge in [-0.1, -0.05) is 13.8 Å². The van der Waals surface area contributed by atoms with E-state index in [1.54, 1.807) is 4.90 Å². The molecule has 2 aliphatic heterocycles. The number of carbonyl (C=O) groups is 2. The number of rotatable bonds is 6. The second-order valence-corrected chi connectivity index (χ2v) is 11.7. The van der Waals surface area contributed by atoms with Crippen molar-refractivity contribution in [2.45, 2.75) is 90.3 Å². The molecule has 2 fully saturated rings. The molecule has 0 radical (unpaired) electrons. The molecule has 11 heteroatoms. The van der Waals surface area contributed by atoms with Crippen molar-refractivity contribution in [2.75, 3.05) is 29.9 Å². The van der Waals surface area contributed by atoms with E-state index < -0.39 is 11.6 Å². The van der Waals surface area contributed by atoms with Crippen LogP contribution in [0.25, 0.3) is 0 Å². The highest BCUT2D eigenvalue weighted by atomic mass is 16.4. The first-order valence-electron chi connectivity index (χ1n) is 13.3. The van der Waals surface area contributed by atoms with Gasteiger partial charge in [0.25, 0.3) is 0 Å². The van der Waals surface area contributed by atoms with Crippen molar-refractivity contribution < 1.29 is 14.7 Å². The van der Waals surface area contributed by atoms with Gasteiger partial charge in [-0.15, -0.1) is 0 Å². The third-order valence-electron chi connectivity index (χ3n) is 7.65. The van der Waals surface area contributed by atoms with Crippen molar-refractivity contribution in [1.82, 2.24) is 30.0 Å². The molecule has 2 aromatic heterocycles. The minimum Gasteiger partial charge on any atom is -0.465 e. The Morgan fingerprint density at radius 1 is 1.19 bits per heavy atom. The predicted molar refractivity (Wildman–Crippen MR) is 140 cm³/mol. The second kappa shape index (κ2) is 9.50. The summed E-state index contributed by atoms with van der Waals surface area (Å²) in [5.41, 5.74) is 2.70. The van der Waals surface area contributed by atoms with Gasteiger partial charge in [0.15, 0.2) is 5.82 Å². The highest BCUT2D eigenvalue weighted by Crippen LogP contribution is 2.34. The fraction of sp³-hybridized carbons (Fsp3) is 0.654. The number of amides is 2. The Morgan fingerprint density at radius 3 is 2.59 bits per heavy atom. The molecule has 1 atom stereocenters. The highest BCUT2D eigenvalue weighted by Gasteiger charge is 2.45. The molecular weight excluding hydrogens is 472 g/mol. The van der Waals surface area contributed by atoms with E-state index in [4.69, 9.17) is 9.97 Å². The van der Waals surface area contributed by atoms with E-state index in [9.17, 15) is 14.7 Å². The smallest absolute Gasteiger partial charge is 0.408 e. The predicted octanol–water partition coefficient (Wildman–Crippen LogP) is 3.51. The van der Waals surface area contributed by atoms with Gasteiger partial charge < -0.3 is 20.2 Å². The van der Waals surface area contributed by atoms with Crippen LogP contribution in [0.1, 0.15) is 76.8 Å². The highest BCUT2D eigenvalue weighted by molar-refractivity contribution is 5.86. The zero-order valence-electron chi connectivity index (χ0n) is 22.4. The fourth-order valence-electron chi connectivity index (χ4n) is 5.73. The molecule has 5 rings (SSSR count). The quantitative estimate of drug-likeness (QED) is 0.538. The lowest BCUT2D eigenvalue weighted by molar-refractivity contribution is -0.140. The van der Waals surface area contributed by atoms with Gasteiger partial charge in [-0.2, -0.15) is 10.1 Å². The average molecular weight is 511 g/mol. The first-order chi connectivity index (χ1) is 17.5. The van der Waals surface area contributed by atoms with Crippen LogP contribution >= 0.6 is 0 Å². The Hall–Kier alpha value is -3.37. The van der Waals surface area contributed by atoms with E-state index >= 15 is 0 Å². The van der Waals surface area contributed by atoms with Gasteiger partial charge in [0.1, 0.15) is 11.9 Å². The van der Waals surface area contributed by atoms with Crippen LogP contribution in [-0.4, -0.2) is 84.3 Å².